The molecule has 1 heterocycles. The molecule has 2 atom stereocenters. The smallest absolute Gasteiger partial charge is 0.119 e. The van der Waals surface area contributed by atoms with Crippen LogP contribution < -0.4 is 4.74 Å². The fraction of sp³-hybridized carbons (Fsp3) is 0.600. The molecule has 1 unspecified atom stereocenters. The maximum absolute atomic E-state index is 9.73. The average Bonchev–Trinajstić information content (AvgIpc) is 3.00. The second kappa shape index (κ2) is 5.29. The maximum atomic E-state index is 9.73. The topological polar surface area (TPSA) is 38.7 Å². The van der Waals surface area contributed by atoms with Crippen LogP contribution in [0.15, 0.2) is 18.2 Å². The van der Waals surface area contributed by atoms with E-state index in [0.29, 0.717) is 12.7 Å². The molecule has 1 N–H and O–H groups in total. The third kappa shape index (κ3) is 2.52. The van der Waals surface area contributed by atoms with E-state index in [1.165, 1.54) is 18.4 Å². The Morgan fingerprint density at radius 2 is 2.28 bits per heavy atom. The largest absolute Gasteiger partial charge is 0.493 e. The van der Waals surface area contributed by atoms with Gasteiger partial charge < -0.3 is 14.6 Å². The third-order valence-electron chi connectivity index (χ3n) is 3.89. The summed E-state index contributed by atoms with van der Waals surface area (Å²) in [7, 11) is 0. The van der Waals surface area contributed by atoms with E-state index in [0.717, 1.165) is 37.2 Å². The van der Waals surface area contributed by atoms with Gasteiger partial charge in [0, 0.05) is 13.0 Å². The first-order chi connectivity index (χ1) is 8.83. The normalized spacial score (nSPS) is 26.3. The zero-order chi connectivity index (χ0) is 12.4. The molecule has 0 spiro atoms. The zero-order valence-corrected chi connectivity index (χ0v) is 10.6. The van der Waals surface area contributed by atoms with Crippen molar-refractivity contribution in [2.75, 3.05) is 13.2 Å². The van der Waals surface area contributed by atoms with Crippen LogP contribution in [-0.4, -0.2) is 24.4 Å². The van der Waals surface area contributed by atoms with Gasteiger partial charge in [-0.05, 0) is 48.9 Å². The summed E-state index contributed by atoms with van der Waals surface area (Å²) < 4.78 is 11.3. The fourth-order valence-electron chi connectivity index (χ4n) is 2.84. The highest BCUT2D eigenvalue weighted by Crippen LogP contribution is 2.33. The Bertz CT molecular complexity index is 410. The van der Waals surface area contributed by atoms with Gasteiger partial charge in [-0.2, -0.15) is 0 Å². The van der Waals surface area contributed by atoms with E-state index in [1.807, 2.05) is 12.1 Å². The van der Waals surface area contributed by atoms with Gasteiger partial charge >= 0.3 is 0 Å². The highest BCUT2D eigenvalue weighted by atomic mass is 16.5. The molecule has 98 valence electrons. The van der Waals surface area contributed by atoms with E-state index in [1.54, 1.807) is 0 Å². The van der Waals surface area contributed by atoms with Gasteiger partial charge in [-0.15, -0.1) is 0 Å². The van der Waals surface area contributed by atoms with Gasteiger partial charge in [-0.1, -0.05) is 6.07 Å². The third-order valence-corrected chi connectivity index (χ3v) is 3.89. The van der Waals surface area contributed by atoms with E-state index < -0.39 is 0 Å². The second-order valence-corrected chi connectivity index (χ2v) is 5.19. The summed E-state index contributed by atoms with van der Waals surface area (Å²) in [4.78, 5) is 0. The molecule has 0 amide bonds. The Morgan fingerprint density at radius 3 is 3.11 bits per heavy atom. The first kappa shape index (κ1) is 12.0. The molecule has 0 radical (unpaired) electrons. The molecule has 1 aliphatic carbocycles. The number of benzene rings is 1. The molecule has 0 bridgehead atoms. The van der Waals surface area contributed by atoms with Gasteiger partial charge in [0.1, 0.15) is 5.75 Å². The first-order valence-electron chi connectivity index (χ1n) is 6.88. The molecule has 3 rings (SSSR count). The number of aliphatic hydroxyl groups excluding tert-OH is 1. The molecule has 0 saturated carbocycles. The van der Waals surface area contributed by atoms with Crippen molar-refractivity contribution in [3.63, 3.8) is 0 Å². The molecule has 1 aromatic carbocycles. The number of ether oxygens (including phenoxy) is 2. The van der Waals surface area contributed by atoms with Crippen LogP contribution in [0.3, 0.4) is 0 Å². The highest BCUT2D eigenvalue weighted by molar-refractivity contribution is 5.39. The van der Waals surface area contributed by atoms with Crippen LogP contribution in [0.4, 0.5) is 0 Å². The Balaban J connectivity index is 1.53. The van der Waals surface area contributed by atoms with Gasteiger partial charge in [0.15, 0.2) is 0 Å². The Morgan fingerprint density at radius 1 is 1.33 bits per heavy atom. The van der Waals surface area contributed by atoms with E-state index in [4.69, 9.17) is 9.47 Å². The Labute approximate surface area is 108 Å². The van der Waals surface area contributed by atoms with E-state index in [2.05, 4.69) is 6.07 Å². The maximum Gasteiger partial charge on any atom is 0.119 e. The summed E-state index contributed by atoms with van der Waals surface area (Å²) in [6, 6.07) is 6.03. The minimum absolute atomic E-state index is 0.277. The van der Waals surface area contributed by atoms with Crippen LogP contribution in [-0.2, 0) is 11.2 Å². The second-order valence-electron chi connectivity index (χ2n) is 5.19. The summed E-state index contributed by atoms with van der Waals surface area (Å²) in [6.45, 7) is 1.62. The molecule has 1 aliphatic heterocycles. The van der Waals surface area contributed by atoms with Crippen molar-refractivity contribution in [2.45, 2.75) is 44.3 Å². The number of hydrogen-bond acceptors (Lipinski definition) is 3. The minimum Gasteiger partial charge on any atom is -0.493 e. The standard InChI is InChI=1S/C15H20O3/c16-15-6-3-11-10-13(4-5-14(11)15)18-9-7-12-2-1-8-17-12/h4-5,10,12,15-16H,1-3,6-9H2/t12?,15-/m1/s1. The van der Waals surface area contributed by atoms with Crippen molar-refractivity contribution in [3.05, 3.63) is 29.3 Å². The van der Waals surface area contributed by atoms with Crippen molar-refractivity contribution in [2.24, 2.45) is 0 Å². The van der Waals surface area contributed by atoms with Crippen LogP contribution in [0.2, 0.25) is 0 Å². The van der Waals surface area contributed by atoms with Crippen LogP contribution in [0.5, 0.6) is 5.75 Å². The van der Waals surface area contributed by atoms with Gasteiger partial charge in [-0.3, -0.25) is 0 Å². The van der Waals surface area contributed by atoms with Crippen molar-refractivity contribution < 1.29 is 14.6 Å². The van der Waals surface area contributed by atoms with E-state index in [9.17, 15) is 5.11 Å². The molecule has 18 heavy (non-hydrogen) atoms. The van der Waals surface area contributed by atoms with Gasteiger partial charge in [-0.25, -0.2) is 0 Å². The molecule has 1 saturated heterocycles. The molecule has 0 aromatic heterocycles. The van der Waals surface area contributed by atoms with E-state index >= 15 is 0 Å². The lowest BCUT2D eigenvalue weighted by Crippen LogP contribution is -2.10. The van der Waals surface area contributed by atoms with Gasteiger partial charge in [0.2, 0.25) is 0 Å². The number of hydrogen-bond donors (Lipinski definition) is 1. The molecule has 1 fully saturated rings. The van der Waals surface area contributed by atoms with Crippen LogP contribution in [0, 0.1) is 0 Å². The van der Waals surface area contributed by atoms with Gasteiger partial charge in [0.05, 0.1) is 18.8 Å². The number of fused-ring (bicyclic) bond motifs is 1. The lowest BCUT2D eigenvalue weighted by molar-refractivity contribution is 0.0903. The van der Waals surface area contributed by atoms with Crippen molar-refractivity contribution in [1.82, 2.24) is 0 Å². The Kier molecular flexibility index (Phi) is 3.52. The predicted octanol–water partition coefficient (Wildman–Crippen LogP) is 2.61. The van der Waals surface area contributed by atoms with Gasteiger partial charge in [0.25, 0.3) is 0 Å². The molecule has 2 aliphatic rings. The van der Waals surface area contributed by atoms with Crippen LogP contribution >= 0.6 is 0 Å². The molecular weight excluding hydrogens is 228 g/mol. The summed E-state index contributed by atoms with van der Waals surface area (Å²) in [5.74, 6) is 0.917. The summed E-state index contributed by atoms with van der Waals surface area (Å²) >= 11 is 0. The monoisotopic (exact) mass is 248 g/mol. The summed E-state index contributed by atoms with van der Waals surface area (Å²) in [5, 5.41) is 9.73. The molecular formula is C15H20O3. The first-order valence-corrected chi connectivity index (χ1v) is 6.88. The fourth-order valence-corrected chi connectivity index (χ4v) is 2.84. The number of aliphatic hydroxyl groups is 1. The number of rotatable bonds is 4. The van der Waals surface area contributed by atoms with Crippen molar-refractivity contribution in [3.8, 4) is 5.75 Å². The lowest BCUT2D eigenvalue weighted by atomic mass is 10.1. The predicted molar refractivity (Wildman–Crippen MR) is 68.8 cm³/mol. The van der Waals surface area contributed by atoms with E-state index in [-0.39, 0.29) is 6.10 Å². The van der Waals surface area contributed by atoms with Crippen molar-refractivity contribution in [1.29, 1.82) is 0 Å². The molecule has 3 heteroatoms. The summed E-state index contributed by atoms with van der Waals surface area (Å²) in [5.41, 5.74) is 2.30. The molecule has 1 aromatic rings. The van der Waals surface area contributed by atoms with Crippen LogP contribution in [0.1, 0.15) is 42.9 Å². The quantitative estimate of drug-likeness (QED) is 0.890. The Hall–Kier alpha value is -1.06. The zero-order valence-electron chi connectivity index (χ0n) is 10.6. The SMILES string of the molecule is O[C@@H]1CCc2cc(OCCC3CCCO3)ccc21. The summed E-state index contributed by atoms with van der Waals surface area (Å²) in [6.07, 6.45) is 5.23. The molecule has 3 nitrogen and oxygen atoms in total. The number of aryl methyl sites for hydroxylation is 1. The van der Waals surface area contributed by atoms with Crippen LogP contribution in [0.25, 0.3) is 0 Å². The van der Waals surface area contributed by atoms with Crippen molar-refractivity contribution >= 4 is 0 Å². The lowest BCUT2D eigenvalue weighted by Gasteiger charge is -2.12. The average molecular weight is 248 g/mol. The minimum atomic E-state index is -0.277. The highest BCUT2D eigenvalue weighted by Gasteiger charge is 2.20.